The van der Waals surface area contributed by atoms with Gasteiger partial charge in [0.25, 0.3) is 0 Å². The minimum atomic E-state index is 0.0875. The van der Waals surface area contributed by atoms with Crippen molar-refractivity contribution < 1.29 is 9.21 Å². The third-order valence-electron chi connectivity index (χ3n) is 1.41. The van der Waals surface area contributed by atoms with Crippen LogP contribution in [0.2, 0.25) is 0 Å². The van der Waals surface area contributed by atoms with Gasteiger partial charge in [0.2, 0.25) is 5.88 Å². The molecule has 0 bridgehead atoms. The number of carbonyl (C=O) groups excluding carboxylic acids is 1. The number of anilines is 1. The van der Waals surface area contributed by atoms with Gasteiger partial charge in [-0.15, -0.1) is 0 Å². The fourth-order valence-electron chi connectivity index (χ4n) is 0.955. The number of rotatable bonds is 0. The van der Waals surface area contributed by atoms with Crippen LogP contribution in [0.5, 0.6) is 0 Å². The van der Waals surface area contributed by atoms with Crippen molar-refractivity contribution in [3.8, 4) is 0 Å². The molecule has 4 heteroatoms. The van der Waals surface area contributed by atoms with Crippen molar-refractivity contribution in [1.82, 2.24) is 0 Å². The first-order valence-corrected chi connectivity index (χ1v) is 3.63. The quantitative estimate of drug-likeness (QED) is 0.695. The molecule has 0 unspecified atom stereocenters. The molecule has 0 aliphatic carbocycles. The molecule has 1 N–H and O–H groups in total. The largest absolute Gasteiger partial charge is 0.433 e. The Kier molecular flexibility index (Phi) is 1.11. The number of furan rings is 1. The van der Waals surface area contributed by atoms with Crippen LogP contribution in [0.3, 0.4) is 0 Å². The van der Waals surface area contributed by atoms with Crippen LogP contribution in [0.15, 0.2) is 15.2 Å². The smallest absolute Gasteiger partial charge is 0.205 e. The van der Waals surface area contributed by atoms with Crippen LogP contribution in [-0.2, 0) is 0 Å². The Bertz CT molecular complexity index is 292. The SMILES string of the molecule is O=C1CNc2oc(Br)cc21. The summed E-state index contributed by atoms with van der Waals surface area (Å²) in [7, 11) is 0. The molecule has 0 radical (unpaired) electrons. The van der Waals surface area contributed by atoms with E-state index in [1.54, 1.807) is 6.07 Å². The molecule has 1 aromatic heterocycles. The molecular weight excluding hydrogens is 198 g/mol. The van der Waals surface area contributed by atoms with E-state index >= 15 is 0 Å². The number of halogens is 1. The lowest BCUT2D eigenvalue weighted by Crippen LogP contribution is -2.01. The fourth-order valence-corrected chi connectivity index (χ4v) is 1.35. The van der Waals surface area contributed by atoms with E-state index < -0.39 is 0 Å². The van der Waals surface area contributed by atoms with Gasteiger partial charge in [0, 0.05) is 6.07 Å². The van der Waals surface area contributed by atoms with Crippen LogP contribution in [0.25, 0.3) is 0 Å². The van der Waals surface area contributed by atoms with E-state index in [1.165, 1.54) is 0 Å². The molecule has 52 valence electrons. The number of hydrogen-bond donors (Lipinski definition) is 1. The van der Waals surface area contributed by atoms with Crippen molar-refractivity contribution in [3.63, 3.8) is 0 Å². The van der Waals surface area contributed by atoms with Crippen molar-refractivity contribution in [1.29, 1.82) is 0 Å². The van der Waals surface area contributed by atoms with E-state index in [-0.39, 0.29) is 5.78 Å². The molecule has 0 amide bonds. The normalized spacial score (nSPS) is 15.1. The van der Waals surface area contributed by atoms with E-state index in [0.717, 1.165) is 0 Å². The summed E-state index contributed by atoms with van der Waals surface area (Å²) in [6.07, 6.45) is 0. The molecule has 0 saturated heterocycles. The van der Waals surface area contributed by atoms with Crippen LogP contribution in [-0.4, -0.2) is 12.3 Å². The average Bonchev–Trinajstić information content (AvgIpc) is 2.35. The molecule has 2 rings (SSSR count). The van der Waals surface area contributed by atoms with Crippen molar-refractivity contribution in [2.45, 2.75) is 0 Å². The van der Waals surface area contributed by atoms with Crippen LogP contribution in [0.1, 0.15) is 10.4 Å². The predicted octanol–water partition coefficient (Wildman–Crippen LogP) is 1.65. The van der Waals surface area contributed by atoms with E-state index in [0.29, 0.717) is 22.7 Å². The van der Waals surface area contributed by atoms with Crippen LogP contribution < -0.4 is 5.32 Å². The lowest BCUT2D eigenvalue weighted by molar-refractivity contribution is 0.101. The van der Waals surface area contributed by atoms with Crippen molar-refractivity contribution in [3.05, 3.63) is 16.3 Å². The summed E-state index contributed by atoms with van der Waals surface area (Å²) in [5.74, 6) is 0.668. The Hall–Kier alpha value is -0.770. The topological polar surface area (TPSA) is 42.2 Å². The molecule has 1 aromatic rings. The summed E-state index contributed by atoms with van der Waals surface area (Å²) in [4.78, 5) is 10.9. The Balaban J connectivity index is 2.59. The number of Topliss-reactive ketones (excluding diaryl/α,β-unsaturated/α-hetero) is 1. The number of fused-ring (bicyclic) bond motifs is 1. The maximum atomic E-state index is 10.9. The molecule has 0 atom stereocenters. The number of ketones is 1. The maximum absolute atomic E-state index is 10.9. The summed E-state index contributed by atoms with van der Waals surface area (Å²) in [5.41, 5.74) is 0.645. The van der Waals surface area contributed by atoms with Gasteiger partial charge in [-0.25, -0.2) is 0 Å². The molecule has 0 fully saturated rings. The van der Waals surface area contributed by atoms with Crippen molar-refractivity contribution in [2.24, 2.45) is 0 Å². The minimum absolute atomic E-state index is 0.0875. The Labute approximate surface area is 65.5 Å². The van der Waals surface area contributed by atoms with Crippen molar-refractivity contribution in [2.75, 3.05) is 11.9 Å². The monoisotopic (exact) mass is 201 g/mol. The number of carbonyl (C=O) groups is 1. The van der Waals surface area contributed by atoms with Gasteiger partial charge in [-0.2, -0.15) is 0 Å². The van der Waals surface area contributed by atoms with Gasteiger partial charge >= 0.3 is 0 Å². The van der Waals surface area contributed by atoms with Crippen LogP contribution in [0, 0.1) is 0 Å². The predicted molar refractivity (Wildman–Crippen MR) is 39.2 cm³/mol. The molecule has 0 spiro atoms. The zero-order valence-electron chi connectivity index (χ0n) is 4.98. The molecule has 1 aliphatic heterocycles. The molecule has 0 aromatic carbocycles. The first-order valence-electron chi connectivity index (χ1n) is 2.84. The second-order valence-electron chi connectivity index (χ2n) is 2.07. The number of nitrogens with one attached hydrogen (secondary N) is 1. The molecular formula is C6H4BrNO2. The van der Waals surface area contributed by atoms with Gasteiger partial charge in [0.1, 0.15) is 0 Å². The highest BCUT2D eigenvalue weighted by Gasteiger charge is 2.22. The van der Waals surface area contributed by atoms with Gasteiger partial charge in [-0.1, -0.05) is 0 Å². The Morgan fingerprint density at radius 1 is 1.70 bits per heavy atom. The van der Waals surface area contributed by atoms with E-state index in [9.17, 15) is 4.79 Å². The van der Waals surface area contributed by atoms with E-state index in [4.69, 9.17) is 4.42 Å². The molecule has 10 heavy (non-hydrogen) atoms. The highest BCUT2D eigenvalue weighted by atomic mass is 79.9. The van der Waals surface area contributed by atoms with Crippen LogP contribution in [0.4, 0.5) is 5.88 Å². The van der Waals surface area contributed by atoms with Crippen molar-refractivity contribution >= 4 is 27.6 Å². The third-order valence-corrected chi connectivity index (χ3v) is 1.80. The standard InChI is InChI=1S/C6H4BrNO2/c7-5-1-3-4(9)2-8-6(3)10-5/h1,8H,2H2. The minimum Gasteiger partial charge on any atom is -0.433 e. The summed E-state index contributed by atoms with van der Waals surface area (Å²) in [5, 5.41) is 2.82. The highest BCUT2D eigenvalue weighted by molar-refractivity contribution is 9.10. The lowest BCUT2D eigenvalue weighted by Gasteiger charge is -1.86. The van der Waals surface area contributed by atoms with Gasteiger partial charge in [-0.05, 0) is 15.9 Å². The third kappa shape index (κ3) is 0.686. The second kappa shape index (κ2) is 1.85. The Morgan fingerprint density at radius 2 is 2.50 bits per heavy atom. The van der Waals surface area contributed by atoms with E-state index in [1.807, 2.05) is 0 Å². The molecule has 1 aliphatic rings. The lowest BCUT2D eigenvalue weighted by atomic mass is 10.2. The average molecular weight is 202 g/mol. The molecule has 2 heterocycles. The molecule has 0 saturated carbocycles. The first kappa shape index (κ1) is 5.97. The first-order chi connectivity index (χ1) is 4.77. The van der Waals surface area contributed by atoms with E-state index in [2.05, 4.69) is 21.2 Å². The maximum Gasteiger partial charge on any atom is 0.205 e. The van der Waals surface area contributed by atoms with Gasteiger partial charge in [-0.3, -0.25) is 4.79 Å². The zero-order valence-corrected chi connectivity index (χ0v) is 6.56. The van der Waals surface area contributed by atoms with Crippen LogP contribution >= 0.6 is 15.9 Å². The summed E-state index contributed by atoms with van der Waals surface area (Å²) in [6, 6.07) is 1.68. The fraction of sp³-hybridized carbons (Fsp3) is 0.167. The number of hydrogen-bond acceptors (Lipinski definition) is 3. The molecule has 3 nitrogen and oxygen atoms in total. The second-order valence-corrected chi connectivity index (χ2v) is 2.85. The summed E-state index contributed by atoms with van der Waals surface area (Å²) >= 11 is 3.13. The zero-order chi connectivity index (χ0) is 7.14. The summed E-state index contributed by atoms with van der Waals surface area (Å²) in [6.45, 7) is 0.363. The summed E-state index contributed by atoms with van der Waals surface area (Å²) < 4.78 is 5.68. The Morgan fingerprint density at radius 3 is 3.20 bits per heavy atom. The van der Waals surface area contributed by atoms with Gasteiger partial charge in [0.05, 0.1) is 12.1 Å². The highest BCUT2D eigenvalue weighted by Crippen LogP contribution is 2.28. The van der Waals surface area contributed by atoms with Gasteiger partial charge < -0.3 is 9.73 Å². The van der Waals surface area contributed by atoms with Gasteiger partial charge in [0.15, 0.2) is 10.5 Å².